The number of carbonyl (C=O) groups excluding carboxylic acids is 1. The van der Waals surface area contributed by atoms with Crippen LogP contribution in [0.5, 0.6) is 0 Å². The van der Waals surface area contributed by atoms with E-state index in [4.69, 9.17) is 11.6 Å². The molecule has 1 saturated heterocycles. The van der Waals surface area contributed by atoms with E-state index in [9.17, 15) is 4.79 Å². The zero-order chi connectivity index (χ0) is 14.9. The highest BCUT2D eigenvalue weighted by Crippen LogP contribution is 2.30. The summed E-state index contributed by atoms with van der Waals surface area (Å²) in [6.07, 6.45) is 1.88. The molecule has 5 heteroatoms. The molecule has 1 amide bonds. The van der Waals surface area contributed by atoms with Gasteiger partial charge in [-0.15, -0.1) is 0 Å². The van der Waals surface area contributed by atoms with Crippen molar-refractivity contribution in [1.29, 1.82) is 0 Å². The lowest BCUT2D eigenvalue weighted by Gasteiger charge is -2.35. The summed E-state index contributed by atoms with van der Waals surface area (Å²) in [7, 11) is 0. The first-order chi connectivity index (χ1) is 9.27. The first-order valence-electron chi connectivity index (χ1n) is 7.08. The van der Waals surface area contributed by atoms with Crippen molar-refractivity contribution in [2.24, 2.45) is 5.41 Å². The van der Waals surface area contributed by atoms with E-state index in [1.54, 1.807) is 0 Å². The molecular formula is C15H22ClN3O. The van der Waals surface area contributed by atoms with Crippen molar-refractivity contribution in [3.8, 4) is 0 Å². The maximum Gasteiger partial charge on any atom is 0.227 e. The minimum Gasteiger partial charge on any atom is -0.342 e. The van der Waals surface area contributed by atoms with E-state index in [1.165, 1.54) is 0 Å². The van der Waals surface area contributed by atoms with Gasteiger partial charge in [0.2, 0.25) is 5.91 Å². The summed E-state index contributed by atoms with van der Waals surface area (Å²) in [6, 6.07) is 1.85. The van der Waals surface area contributed by atoms with Crippen molar-refractivity contribution in [2.45, 2.75) is 46.5 Å². The van der Waals surface area contributed by atoms with Crippen LogP contribution in [0.15, 0.2) is 6.07 Å². The average Bonchev–Trinajstić information content (AvgIpc) is 2.36. The van der Waals surface area contributed by atoms with Crippen molar-refractivity contribution in [3.63, 3.8) is 0 Å². The van der Waals surface area contributed by atoms with Crippen LogP contribution in [0.2, 0.25) is 5.15 Å². The lowest BCUT2D eigenvalue weighted by atomic mass is 9.89. The number of halogens is 1. The first kappa shape index (κ1) is 15.2. The van der Waals surface area contributed by atoms with Gasteiger partial charge in [0.25, 0.3) is 0 Å². The molecule has 4 nitrogen and oxygen atoms in total. The van der Waals surface area contributed by atoms with E-state index >= 15 is 0 Å². The highest BCUT2D eigenvalue weighted by atomic mass is 35.5. The van der Waals surface area contributed by atoms with Gasteiger partial charge in [0.1, 0.15) is 11.0 Å². The van der Waals surface area contributed by atoms with E-state index in [-0.39, 0.29) is 11.3 Å². The number of hydrogen-bond donors (Lipinski definition) is 0. The number of likely N-dealkylation sites (tertiary alicyclic amines) is 1. The Morgan fingerprint density at radius 3 is 2.40 bits per heavy atom. The molecule has 20 heavy (non-hydrogen) atoms. The number of aromatic nitrogens is 2. The molecule has 1 aromatic heterocycles. The Labute approximate surface area is 125 Å². The number of piperidine rings is 1. The molecule has 1 aliphatic rings. The molecule has 0 radical (unpaired) electrons. The summed E-state index contributed by atoms with van der Waals surface area (Å²) in [4.78, 5) is 22.8. The van der Waals surface area contributed by atoms with Crippen molar-refractivity contribution in [3.05, 3.63) is 22.7 Å². The summed E-state index contributed by atoms with van der Waals surface area (Å²) < 4.78 is 0. The molecule has 2 rings (SSSR count). The fourth-order valence-corrected chi connectivity index (χ4v) is 2.85. The van der Waals surface area contributed by atoms with Crippen LogP contribution in [-0.4, -0.2) is 33.9 Å². The van der Waals surface area contributed by atoms with Crippen molar-refractivity contribution < 1.29 is 4.79 Å². The van der Waals surface area contributed by atoms with Crippen molar-refractivity contribution in [2.75, 3.05) is 13.1 Å². The van der Waals surface area contributed by atoms with E-state index < -0.39 is 0 Å². The van der Waals surface area contributed by atoms with Crippen LogP contribution in [-0.2, 0) is 4.79 Å². The van der Waals surface area contributed by atoms with Crippen molar-refractivity contribution >= 4 is 17.5 Å². The molecule has 1 aromatic rings. The van der Waals surface area contributed by atoms with Gasteiger partial charge in [-0.1, -0.05) is 32.4 Å². The Bertz CT molecular complexity index is 482. The SMILES string of the molecule is Cc1nc(Cl)cc(C2CCN(C(=O)C(C)(C)C)CC2)n1. The number of carbonyl (C=O) groups is 1. The van der Waals surface area contributed by atoms with Crippen LogP contribution >= 0.6 is 11.6 Å². The lowest BCUT2D eigenvalue weighted by molar-refractivity contribution is -0.140. The fourth-order valence-electron chi connectivity index (χ4n) is 2.61. The zero-order valence-electron chi connectivity index (χ0n) is 12.6. The third-order valence-electron chi connectivity index (χ3n) is 3.67. The van der Waals surface area contributed by atoms with Crippen LogP contribution in [0.1, 0.15) is 51.0 Å². The predicted molar refractivity (Wildman–Crippen MR) is 79.8 cm³/mol. The van der Waals surface area contributed by atoms with E-state index in [2.05, 4.69) is 9.97 Å². The van der Waals surface area contributed by atoms with Gasteiger partial charge >= 0.3 is 0 Å². The molecule has 1 fully saturated rings. The molecule has 110 valence electrons. The molecule has 2 heterocycles. The van der Waals surface area contributed by atoms with Gasteiger partial charge in [-0.05, 0) is 25.8 Å². The number of rotatable bonds is 1. The third kappa shape index (κ3) is 3.48. The van der Waals surface area contributed by atoms with Crippen LogP contribution in [0.3, 0.4) is 0 Å². The minimum atomic E-state index is -0.304. The molecular weight excluding hydrogens is 274 g/mol. The number of aryl methyl sites for hydroxylation is 1. The molecule has 0 aromatic carbocycles. The Hall–Kier alpha value is -1.16. The summed E-state index contributed by atoms with van der Waals surface area (Å²) in [5.74, 6) is 1.31. The van der Waals surface area contributed by atoms with Gasteiger partial charge in [-0.3, -0.25) is 4.79 Å². The third-order valence-corrected chi connectivity index (χ3v) is 3.86. The van der Waals surface area contributed by atoms with Crippen LogP contribution in [0, 0.1) is 12.3 Å². The smallest absolute Gasteiger partial charge is 0.227 e. The molecule has 0 atom stereocenters. The van der Waals surface area contributed by atoms with Gasteiger partial charge in [0.15, 0.2) is 0 Å². The second-order valence-corrected chi connectivity index (χ2v) is 6.87. The highest BCUT2D eigenvalue weighted by molar-refractivity contribution is 6.29. The Balaban J connectivity index is 2.03. The summed E-state index contributed by atoms with van der Waals surface area (Å²) in [6.45, 7) is 9.34. The van der Waals surface area contributed by atoms with E-state index in [1.807, 2.05) is 38.7 Å². The lowest BCUT2D eigenvalue weighted by Crippen LogP contribution is -2.43. The molecule has 0 bridgehead atoms. The van der Waals surface area contributed by atoms with Gasteiger partial charge < -0.3 is 4.90 Å². The van der Waals surface area contributed by atoms with Crippen molar-refractivity contribution in [1.82, 2.24) is 14.9 Å². The topological polar surface area (TPSA) is 46.1 Å². The highest BCUT2D eigenvalue weighted by Gasteiger charge is 2.31. The molecule has 0 N–H and O–H groups in total. The fraction of sp³-hybridized carbons (Fsp3) is 0.667. The maximum absolute atomic E-state index is 12.3. The van der Waals surface area contributed by atoms with Gasteiger partial charge in [0, 0.05) is 30.1 Å². The molecule has 0 unspecified atom stereocenters. The molecule has 0 saturated carbocycles. The molecule has 0 spiro atoms. The normalized spacial score (nSPS) is 17.4. The van der Waals surface area contributed by atoms with Gasteiger partial charge in [-0.2, -0.15) is 0 Å². The van der Waals surface area contributed by atoms with Gasteiger partial charge in [-0.25, -0.2) is 9.97 Å². The van der Waals surface area contributed by atoms with Crippen LogP contribution in [0.25, 0.3) is 0 Å². The van der Waals surface area contributed by atoms with Crippen LogP contribution < -0.4 is 0 Å². The number of amides is 1. The van der Waals surface area contributed by atoms with E-state index in [0.29, 0.717) is 16.9 Å². The standard InChI is InChI=1S/C15H22ClN3O/c1-10-17-12(9-13(16)18-10)11-5-7-19(8-6-11)14(20)15(2,3)4/h9,11H,5-8H2,1-4H3. The summed E-state index contributed by atoms with van der Waals surface area (Å²) in [5.41, 5.74) is 0.701. The second-order valence-electron chi connectivity index (χ2n) is 6.48. The zero-order valence-corrected chi connectivity index (χ0v) is 13.4. The predicted octanol–water partition coefficient (Wildman–Crippen LogP) is 3.19. The molecule has 1 aliphatic heterocycles. The molecule has 0 aliphatic carbocycles. The van der Waals surface area contributed by atoms with Crippen LogP contribution in [0.4, 0.5) is 0 Å². The minimum absolute atomic E-state index is 0.229. The average molecular weight is 296 g/mol. The Morgan fingerprint density at radius 1 is 1.30 bits per heavy atom. The largest absolute Gasteiger partial charge is 0.342 e. The Morgan fingerprint density at radius 2 is 1.90 bits per heavy atom. The van der Waals surface area contributed by atoms with Gasteiger partial charge in [0.05, 0.1) is 0 Å². The second kappa shape index (κ2) is 5.68. The number of hydrogen-bond acceptors (Lipinski definition) is 3. The maximum atomic E-state index is 12.3. The monoisotopic (exact) mass is 295 g/mol. The Kier molecular flexibility index (Phi) is 4.33. The van der Waals surface area contributed by atoms with E-state index in [0.717, 1.165) is 31.6 Å². The summed E-state index contributed by atoms with van der Waals surface area (Å²) in [5, 5.41) is 0.501. The summed E-state index contributed by atoms with van der Waals surface area (Å²) >= 11 is 5.99. The first-order valence-corrected chi connectivity index (χ1v) is 7.45. The number of nitrogens with zero attached hydrogens (tertiary/aromatic N) is 3. The quantitative estimate of drug-likeness (QED) is 0.748.